The maximum absolute atomic E-state index is 6.28. The zero-order valence-corrected chi connectivity index (χ0v) is 17.9. The molecule has 1 fully saturated rings. The van der Waals surface area contributed by atoms with Gasteiger partial charge in [0.15, 0.2) is 0 Å². The summed E-state index contributed by atoms with van der Waals surface area (Å²) in [6, 6.07) is 10.4. The molecule has 5 heterocycles. The van der Waals surface area contributed by atoms with Gasteiger partial charge < -0.3 is 9.64 Å². The summed E-state index contributed by atoms with van der Waals surface area (Å²) in [5.41, 5.74) is 5.43. The van der Waals surface area contributed by atoms with Gasteiger partial charge in [-0.15, -0.1) is 0 Å². The van der Waals surface area contributed by atoms with Crippen molar-refractivity contribution in [2.24, 2.45) is 0 Å². The Morgan fingerprint density at radius 3 is 2.87 bits per heavy atom. The number of benzene rings is 1. The molecule has 1 saturated heterocycles. The second-order valence-electron chi connectivity index (χ2n) is 8.11. The molecule has 2 aliphatic heterocycles. The normalized spacial score (nSPS) is 16.4. The summed E-state index contributed by atoms with van der Waals surface area (Å²) in [5, 5.41) is 6.18. The number of pyridine rings is 1. The third-order valence-electron chi connectivity index (χ3n) is 6.02. The van der Waals surface area contributed by atoms with Gasteiger partial charge in [0.2, 0.25) is 0 Å². The molecule has 2 aliphatic rings. The molecule has 0 saturated carbocycles. The number of halogens is 1. The number of aromatic nitrogens is 5. The molecule has 0 aliphatic carbocycles. The lowest BCUT2D eigenvalue weighted by Crippen LogP contribution is -2.32. The van der Waals surface area contributed by atoms with Crippen LogP contribution in [0.1, 0.15) is 23.1 Å². The van der Waals surface area contributed by atoms with Crippen molar-refractivity contribution in [1.82, 2.24) is 24.7 Å². The van der Waals surface area contributed by atoms with Crippen LogP contribution in [0.2, 0.25) is 5.02 Å². The first-order valence-corrected chi connectivity index (χ1v) is 10.8. The Labute approximate surface area is 184 Å². The minimum atomic E-state index is 0.303. The first-order chi connectivity index (χ1) is 15.2. The van der Waals surface area contributed by atoms with Crippen LogP contribution in [0.25, 0.3) is 22.2 Å². The van der Waals surface area contributed by atoms with E-state index in [0.717, 1.165) is 59.0 Å². The largest absolute Gasteiger partial charge is 0.377 e. The maximum atomic E-state index is 6.28. The van der Waals surface area contributed by atoms with E-state index in [1.54, 1.807) is 0 Å². The summed E-state index contributed by atoms with van der Waals surface area (Å²) in [6.45, 7) is 4.96. The Morgan fingerprint density at radius 2 is 2.03 bits per heavy atom. The molecule has 0 radical (unpaired) electrons. The molecule has 6 rings (SSSR count). The fourth-order valence-corrected chi connectivity index (χ4v) is 4.56. The van der Waals surface area contributed by atoms with Gasteiger partial charge in [-0.25, -0.2) is 9.97 Å². The molecule has 0 bridgehead atoms. The summed E-state index contributed by atoms with van der Waals surface area (Å²) in [5.74, 6) is 1.69. The van der Waals surface area contributed by atoms with E-state index in [0.29, 0.717) is 24.3 Å². The van der Waals surface area contributed by atoms with E-state index in [-0.39, 0.29) is 0 Å². The van der Waals surface area contributed by atoms with Gasteiger partial charge in [0, 0.05) is 53.6 Å². The first-order valence-electron chi connectivity index (χ1n) is 10.4. The van der Waals surface area contributed by atoms with E-state index in [9.17, 15) is 0 Å². The van der Waals surface area contributed by atoms with Gasteiger partial charge in [0.25, 0.3) is 0 Å². The fraction of sp³-hybridized carbons (Fsp3) is 0.304. The molecule has 31 heavy (non-hydrogen) atoms. The van der Waals surface area contributed by atoms with Gasteiger partial charge in [0.05, 0.1) is 30.5 Å². The number of ether oxygens (including phenoxy) is 1. The van der Waals surface area contributed by atoms with Crippen LogP contribution >= 0.6 is 11.6 Å². The Morgan fingerprint density at radius 1 is 1.13 bits per heavy atom. The molecule has 8 heteroatoms. The number of hydrogen-bond donors (Lipinski definition) is 0. The topological polar surface area (TPSA) is 69.0 Å². The SMILES string of the molecule is Cc1nc(N2CCc3ncc(-c4ccnn4C4COC4)cc3C2)c2cc(Cl)ccc2n1. The summed E-state index contributed by atoms with van der Waals surface area (Å²) in [6.07, 6.45) is 4.68. The van der Waals surface area contributed by atoms with Crippen molar-refractivity contribution in [1.29, 1.82) is 0 Å². The van der Waals surface area contributed by atoms with Gasteiger partial charge in [0.1, 0.15) is 11.6 Å². The Bertz CT molecular complexity index is 1300. The van der Waals surface area contributed by atoms with E-state index in [2.05, 4.69) is 25.7 Å². The molecule has 1 aromatic carbocycles. The molecule has 0 spiro atoms. The lowest BCUT2D eigenvalue weighted by Gasteiger charge is -2.31. The van der Waals surface area contributed by atoms with Crippen molar-refractivity contribution in [2.75, 3.05) is 24.7 Å². The van der Waals surface area contributed by atoms with Crippen LogP contribution in [0, 0.1) is 6.92 Å². The summed E-state index contributed by atoms with van der Waals surface area (Å²) >= 11 is 6.28. The van der Waals surface area contributed by atoms with E-state index >= 15 is 0 Å². The Kier molecular flexibility index (Phi) is 4.40. The highest BCUT2D eigenvalue weighted by Gasteiger charge is 2.25. The van der Waals surface area contributed by atoms with E-state index in [1.165, 1.54) is 5.56 Å². The Balaban J connectivity index is 1.38. The van der Waals surface area contributed by atoms with Crippen molar-refractivity contribution in [3.05, 3.63) is 64.8 Å². The maximum Gasteiger partial charge on any atom is 0.140 e. The van der Waals surface area contributed by atoms with Crippen LogP contribution in [0.15, 0.2) is 42.7 Å². The lowest BCUT2D eigenvalue weighted by molar-refractivity contribution is -0.0278. The van der Waals surface area contributed by atoms with Gasteiger partial charge in [-0.2, -0.15) is 5.10 Å². The predicted octanol–water partition coefficient (Wildman–Crippen LogP) is 3.98. The molecule has 156 valence electrons. The van der Waals surface area contributed by atoms with Gasteiger partial charge in [-0.1, -0.05) is 11.6 Å². The van der Waals surface area contributed by atoms with Crippen molar-refractivity contribution in [3.8, 4) is 11.3 Å². The third kappa shape index (κ3) is 3.25. The highest BCUT2D eigenvalue weighted by Crippen LogP contribution is 2.32. The summed E-state index contributed by atoms with van der Waals surface area (Å²) in [4.78, 5) is 16.4. The minimum Gasteiger partial charge on any atom is -0.377 e. The average Bonchev–Trinajstić information content (AvgIpc) is 3.20. The van der Waals surface area contributed by atoms with Crippen LogP contribution in [-0.2, 0) is 17.7 Å². The minimum absolute atomic E-state index is 0.303. The lowest BCUT2D eigenvalue weighted by atomic mass is 10.0. The number of aryl methyl sites for hydroxylation is 1. The van der Waals surface area contributed by atoms with Gasteiger partial charge in [-0.05, 0) is 42.8 Å². The second-order valence-corrected chi connectivity index (χ2v) is 8.55. The number of fused-ring (bicyclic) bond motifs is 2. The molecule has 0 unspecified atom stereocenters. The predicted molar refractivity (Wildman–Crippen MR) is 119 cm³/mol. The van der Waals surface area contributed by atoms with Crippen LogP contribution in [0.4, 0.5) is 5.82 Å². The van der Waals surface area contributed by atoms with Crippen LogP contribution in [0.5, 0.6) is 0 Å². The second kappa shape index (κ2) is 7.28. The van der Waals surface area contributed by atoms with Crippen LogP contribution in [0.3, 0.4) is 0 Å². The summed E-state index contributed by atoms with van der Waals surface area (Å²) < 4.78 is 7.40. The number of nitrogens with zero attached hydrogens (tertiary/aromatic N) is 6. The van der Waals surface area contributed by atoms with E-state index in [1.807, 2.05) is 43.6 Å². The highest BCUT2D eigenvalue weighted by molar-refractivity contribution is 6.31. The molecule has 7 nitrogen and oxygen atoms in total. The molecular formula is C23H21ClN6O. The standard InChI is InChI=1S/C23H21ClN6O/c1-14-27-21-3-2-17(24)9-19(21)23(28-14)29-7-5-20-16(11-29)8-15(10-25-20)22-4-6-26-30(22)18-12-31-13-18/h2-4,6,8-10,18H,5,7,11-13H2,1H3. The number of rotatable bonds is 3. The molecule has 0 N–H and O–H groups in total. The summed E-state index contributed by atoms with van der Waals surface area (Å²) in [7, 11) is 0. The average molecular weight is 433 g/mol. The third-order valence-corrected chi connectivity index (χ3v) is 6.26. The van der Waals surface area contributed by atoms with Crippen molar-refractivity contribution in [3.63, 3.8) is 0 Å². The van der Waals surface area contributed by atoms with Crippen molar-refractivity contribution < 1.29 is 4.74 Å². The molecule has 3 aromatic heterocycles. The number of hydrogen-bond acceptors (Lipinski definition) is 6. The van der Waals surface area contributed by atoms with E-state index < -0.39 is 0 Å². The highest BCUT2D eigenvalue weighted by atomic mass is 35.5. The van der Waals surface area contributed by atoms with Crippen LogP contribution in [-0.4, -0.2) is 44.5 Å². The molecular weight excluding hydrogens is 412 g/mol. The Hall–Kier alpha value is -3.03. The monoisotopic (exact) mass is 432 g/mol. The zero-order valence-electron chi connectivity index (χ0n) is 17.1. The molecule has 0 atom stereocenters. The number of anilines is 1. The van der Waals surface area contributed by atoms with Gasteiger partial charge >= 0.3 is 0 Å². The quantitative estimate of drug-likeness (QED) is 0.487. The van der Waals surface area contributed by atoms with E-state index in [4.69, 9.17) is 26.3 Å². The molecule has 0 amide bonds. The zero-order chi connectivity index (χ0) is 20.9. The van der Waals surface area contributed by atoms with Gasteiger partial charge in [-0.3, -0.25) is 9.67 Å². The molecule has 4 aromatic rings. The van der Waals surface area contributed by atoms with Crippen molar-refractivity contribution >= 4 is 28.3 Å². The van der Waals surface area contributed by atoms with Crippen LogP contribution < -0.4 is 4.90 Å². The first kappa shape index (κ1) is 18.7. The fourth-order valence-electron chi connectivity index (χ4n) is 4.38. The van der Waals surface area contributed by atoms with Crippen molar-refractivity contribution in [2.45, 2.75) is 25.9 Å². The smallest absolute Gasteiger partial charge is 0.140 e.